The zero-order chi connectivity index (χ0) is 26.7. The second-order valence-electron chi connectivity index (χ2n) is 9.39. The van der Waals surface area contributed by atoms with Crippen LogP contribution in [0.15, 0.2) is 42.9 Å². The summed E-state index contributed by atoms with van der Waals surface area (Å²) in [4.78, 5) is 43.9. The molecule has 194 valence electrons. The summed E-state index contributed by atoms with van der Waals surface area (Å²) in [6, 6.07) is 5.83. The van der Waals surface area contributed by atoms with Crippen LogP contribution in [0, 0.1) is 18.7 Å². The number of aromatic nitrogens is 3. The SMILES string of the molecule is CC(=O)C1CCC(n2ncc(C(=O)N(CC(=O)c3c(Cl)cncc3Cl)Cc3ccc(F)cc3)c2C)CC1. The Morgan fingerprint density at radius 3 is 2.24 bits per heavy atom. The molecule has 7 nitrogen and oxygen atoms in total. The smallest absolute Gasteiger partial charge is 0.258 e. The molecular formula is C27H27Cl2FN4O3. The van der Waals surface area contributed by atoms with Crippen molar-refractivity contribution < 1.29 is 18.8 Å². The maximum Gasteiger partial charge on any atom is 0.258 e. The lowest BCUT2D eigenvalue weighted by molar-refractivity contribution is -0.121. The molecule has 1 fully saturated rings. The number of benzene rings is 1. The standard InChI is InChI=1S/C27H27Cl2FN4O3/c1-16-22(11-32-34(16)21-9-5-19(6-10-21)17(2)35)27(37)33(14-18-3-7-20(30)8-4-18)15-25(36)26-23(28)12-31-13-24(26)29/h3-4,7-8,11-13,19,21H,5-6,9-10,14-15H2,1-2H3. The number of halogens is 3. The first-order valence-electron chi connectivity index (χ1n) is 12.1. The van der Waals surface area contributed by atoms with E-state index in [9.17, 15) is 18.8 Å². The first-order chi connectivity index (χ1) is 17.7. The molecule has 2 heterocycles. The predicted molar refractivity (Wildman–Crippen MR) is 138 cm³/mol. The third kappa shape index (κ3) is 6.08. The number of hydrogen-bond acceptors (Lipinski definition) is 5. The highest BCUT2D eigenvalue weighted by Crippen LogP contribution is 2.33. The molecule has 0 spiro atoms. The van der Waals surface area contributed by atoms with E-state index >= 15 is 0 Å². The summed E-state index contributed by atoms with van der Waals surface area (Å²) in [5.41, 5.74) is 1.80. The van der Waals surface area contributed by atoms with E-state index in [1.807, 2.05) is 11.6 Å². The van der Waals surface area contributed by atoms with Gasteiger partial charge in [-0.25, -0.2) is 4.39 Å². The highest BCUT2D eigenvalue weighted by molar-refractivity contribution is 6.39. The van der Waals surface area contributed by atoms with Gasteiger partial charge in [0.05, 0.1) is 40.0 Å². The minimum absolute atomic E-state index is 0.0690. The van der Waals surface area contributed by atoms with Crippen molar-refractivity contribution in [2.24, 2.45) is 5.92 Å². The van der Waals surface area contributed by atoms with Gasteiger partial charge in [0, 0.05) is 30.6 Å². The van der Waals surface area contributed by atoms with E-state index in [1.165, 1.54) is 35.6 Å². The topological polar surface area (TPSA) is 85.2 Å². The maximum atomic E-state index is 13.7. The van der Waals surface area contributed by atoms with Crippen molar-refractivity contribution in [3.63, 3.8) is 0 Å². The molecule has 0 unspecified atom stereocenters. The Balaban J connectivity index is 1.60. The predicted octanol–water partition coefficient (Wildman–Crippen LogP) is 5.88. The number of carbonyl (C=O) groups excluding carboxylic acids is 3. The molecule has 10 heteroatoms. The highest BCUT2D eigenvalue weighted by Gasteiger charge is 2.29. The molecule has 0 aliphatic heterocycles. The number of ketones is 2. The van der Waals surface area contributed by atoms with Crippen LogP contribution in [0.2, 0.25) is 10.0 Å². The summed E-state index contributed by atoms with van der Waals surface area (Å²) in [5, 5.41) is 4.68. The summed E-state index contributed by atoms with van der Waals surface area (Å²) in [6.45, 7) is 3.23. The number of Topliss-reactive ketones (excluding diaryl/α,β-unsaturated/α-hetero) is 2. The van der Waals surface area contributed by atoms with E-state index in [0.717, 1.165) is 25.7 Å². The number of carbonyl (C=O) groups is 3. The molecule has 4 rings (SSSR count). The minimum atomic E-state index is -0.444. The van der Waals surface area contributed by atoms with Crippen molar-refractivity contribution in [3.05, 3.63) is 81.1 Å². The molecule has 0 saturated heterocycles. The fourth-order valence-electron chi connectivity index (χ4n) is 4.84. The van der Waals surface area contributed by atoms with Gasteiger partial charge in [-0.15, -0.1) is 0 Å². The fraction of sp³-hybridized carbons (Fsp3) is 0.370. The summed E-state index contributed by atoms with van der Waals surface area (Å²) in [7, 11) is 0. The molecule has 1 aliphatic rings. The summed E-state index contributed by atoms with van der Waals surface area (Å²) in [5.74, 6) is -0.940. The van der Waals surface area contributed by atoms with Crippen LogP contribution in [0.5, 0.6) is 0 Å². The summed E-state index contributed by atoms with van der Waals surface area (Å²) >= 11 is 12.4. The third-order valence-corrected chi connectivity index (χ3v) is 7.51. The van der Waals surface area contributed by atoms with Crippen molar-refractivity contribution in [2.75, 3.05) is 6.54 Å². The second kappa shape index (κ2) is 11.5. The third-order valence-electron chi connectivity index (χ3n) is 6.93. The Hall–Kier alpha value is -3.10. The molecule has 2 aromatic heterocycles. The van der Waals surface area contributed by atoms with Gasteiger partial charge < -0.3 is 4.90 Å². The van der Waals surface area contributed by atoms with Gasteiger partial charge in [0.2, 0.25) is 0 Å². The number of rotatable bonds is 8. The quantitative estimate of drug-likeness (QED) is 0.330. The van der Waals surface area contributed by atoms with Crippen LogP contribution in [-0.2, 0) is 11.3 Å². The Morgan fingerprint density at radius 1 is 1.03 bits per heavy atom. The Labute approximate surface area is 224 Å². The molecule has 0 atom stereocenters. The monoisotopic (exact) mass is 544 g/mol. The van der Waals surface area contributed by atoms with Gasteiger partial charge >= 0.3 is 0 Å². The van der Waals surface area contributed by atoms with Crippen LogP contribution in [0.4, 0.5) is 4.39 Å². The van der Waals surface area contributed by atoms with E-state index in [4.69, 9.17) is 23.2 Å². The van der Waals surface area contributed by atoms with Crippen molar-refractivity contribution in [1.82, 2.24) is 19.7 Å². The van der Waals surface area contributed by atoms with Crippen LogP contribution in [-0.4, -0.2) is 43.7 Å². The number of hydrogen-bond donors (Lipinski definition) is 0. The lowest BCUT2D eigenvalue weighted by atomic mass is 9.84. The molecular weight excluding hydrogens is 518 g/mol. The van der Waals surface area contributed by atoms with Gasteiger partial charge in [0.1, 0.15) is 11.6 Å². The van der Waals surface area contributed by atoms with Gasteiger partial charge in [-0.3, -0.25) is 24.0 Å². The lowest BCUT2D eigenvalue weighted by Crippen LogP contribution is -2.36. The van der Waals surface area contributed by atoms with Crippen molar-refractivity contribution in [1.29, 1.82) is 0 Å². The van der Waals surface area contributed by atoms with Crippen LogP contribution >= 0.6 is 23.2 Å². The zero-order valence-electron chi connectivity index (χ0n) is 20.6. The molecule has 37 heavy (non-hydrogen) atoms. The molecule has 1 amide bonds. The lowest BCUT2D eigenvalue weighted by Gasteiger charge is -2.28. The van der Waals surface area contributed by atoms with Gasteiger partial charge in [-0.2, -0.15) is 5.10 Å². The van der Waals surface area contributed by atoms with E-state index in [0.29, 0.717) is 16.8 Å². The van der Waals surface area contributed by atoms with Crippen LogP contribution in [0.1, 0.15) is 70.6 Å². The molecule has 0 N–H and O–H groups in total. The molecule has 1 saturated carbocycles. The first kappa shape index (κ1) is 26.9. The summed E-state index contributed by atoms with van der Waals surface area (Å²) in [6.07, 6.45) is 7.35. The molecule has 0 bridgehead atoms. The number of pyridine rings is 1. The molecule has 0 radical (unpaired) electrons. The Bertz CT molecular complexity index is 1300. The Kier molecular flexibility index (Phi) is 8.39. The minimum Gasteiger partial charge on any atom is -0.327 e. The maximum absolute atomic E-state index is 13.7. The normalized spacial score (nSPS) is 17.4. The largest absolute Gasteiger partial charge is 0.327 e. The Morgan fingerprint density at radius 2 is 1.65 bits per heavy atom. The van der Waals surface area contributed by atoms with Crippen LogP contribution < -0.4 is 0 Å². The molecule has 3 aromatic rings. The van der Waals surface area contributed by atoms with Crippen LogP contribution in [0.25, 0.3) is 0 Å². The summed E-state index contributed by atoms with van der Waals surface area (Å²) < 4.78 is 15.3. The number of nitrogens with zero attached hydrogens (tertiary/aromatic N) is 4. The van der Waals surface area contributed by atoms with Gasteiger partial charge in [-0.1, -0.05) is 35.3 Å². The van der Waals surface area contributed by atoms with Gasteiger partial charge in [0.15, 0.2) is 5.78 Å². The van der Waals surface area contributed by atoms with Gasteiger partial charge in [-0.05, 0) is 57.2 Å². The fourth-order valence-corrected chi connectivity index (χ4v) is 5.41. The van der Waals surface area contributed by atoms with Gasteiger partial charge in [0.25, 0.3) is 5.91 Å². The van der Waals surface area contributed by atoms with E-state index in [1.54, 1.807) is 19.1 Å². The first-order valence-corrected chi connectivity index (χ1v) is 12.8. The van der Waals surface area contributed by atoms with Crippen molar-refractivity contribution in [2.45, 2.75) is 52.1 Å². The van der Waals surface area contributed by atoms with E-state index in [-0.39, 0.29) is 52.3 Å². The average molecular weight is 545 g/mol. The molecule has 1 aliphatic carbocycles. The zero-order valence-corrected chi connectivity index (χ0v) is 22.1. The highest BCUT2D eigenvalue weighted by atomic mass is 35.5. The number of amides is 1. The van der Waals surface area contributed by atoms with E-state index < -0.39 is 11.6 Å². The van der Waals surface area contributed by atoms with Crippen LogP contribution in [0.3, 0.4) is 0 Å². The van der Waals surface area contributed by atoms with E-state index in [2.05, 4.69) is 10.1 Å². The second-order valence-corrected chi connectivity index (χ2v) is 10.2. The average Bonchev–Trinajstić information content (AvgIpc) is 3.25. The van der Waals surface area contributed by atoms with Crippen molar-refractivity contribution in [3.8, 4) is 0 Å². The van der Waals surface area contributed by atoms with Crippen molar-refractivity contribution >= 4 is 40.7 Å². The molecule has 1 aromatic carbocycles.